The Balaban J connectivity index is 2.48. The standard InChI is InChI=1S/C11H11FN2O2S2/c1-7-10(12)4-8(13)5-11(7)18(15,16)14-9-2-3-17-6-9/h2-6,14H,13H2,1H3. The van der Waals surface area contributed by atoms with E-state index in [1.807, 2.05) is 0 Å². The molecule has 0 spiro atoms. The maximum absolute atomic E-state index is 13.5. The molecule has 3 N–H and O–H groups in total. The topological polar surface area (TPSA) is 72.2 Å². The van der Waals surface area contributed by atoms with Crippen molar-refractivity contribution in [3.05, 3.63) is 40.3 Å². The number of nitrogen functional groups attached to an aromatic ring is 1. The Labute approximate surface area is 108 Å². The maximum Gasteiger partial charge on any atom is 0.262 e. The van der Waals surface area contributed by atoms with E-state index in [-0.39, 0.29) is 16.1 Å². The van der Waals surface area contributed by atoms with Gasteiger partial charge in [-0.3, -0.25) is 4.72 Å². The summed E-state index contributed by atoms with van der Waals surface area (Å²) in [6.45, 7) is 1.40. The Morgan fingerprint density at radius 3 is 2.72 bits per heavy atom. The highest BCUT2D eigenvalue weighted by Crippen LogP contribution is 2.24. The lowest BCUT2D eigenvalue weighted by Crippen LogP contribution is -2.15. The summed E-state index contributed by atoms with van der Waals surface area (Å²) < 4.78 is 40.0. The molecule has 0 unspecified atom stereocenters. The van der Waals surface area contributed by atoms with Gasteiger partial charge in [-0.1, -0.05) is 0 Å². The highest BCUT2D eigenvalue weighted by molar-refractivity contribution is 7.92. The fourth-order valence-corrected chi connectivity index (χ4v) is 3.49. The molecule has 4 nitrogen and oxygen atoms in total. The lowest BCUT2D eigenvalue weighted by Gasteiger charge is -2.10. The molecular formula is C11H11FN2O2S2. The molecule has 0 radical (unpaired) electrons. The molecule has 7 heteroatoms. The second kappa shape index (κ2) is 4.58. The zero-order valence-corrected chi connectivity index (χ0v) is 11.1. The molecule has 96 valence electrons. The molecule has 0 amide bonds. The average Bonchev–Trinajstić information content (AvgIpc) is 2.75. The first kappa shape index (κ1) is 12.8. The molecule has 0 saturated heterocycles. The molecule has 0 fully saturated rings. The average molecular weight is 286 g/mol. The Kier molecular flexibility index (Phi) is 3.27. The second-order valence-corrected chi connectivity index (χ2v) is 6.17. The normalized spacial score (nSPS) is 11.4. The van der Waals surface area contributed by atoms with E-state index < -0.39 is 15.8 Å². The number of nitrogens with one attached hydrogen (secondary N) is 1. The Bertz CT molecular complexity index is 667. The van der Waals surface area contributed by atoms with Gasteiger partial charge in [0.1, 0.15) is 5.82 Å². The van der Waals surface area contributed by atoms with Gasteiger partial charge in [0.05, 0.1) is 10.6 Å². The van der Waals surface area contributed by atoms with Gasteiger partial charge in [0.2, 0.25) is 0 Å². The van der Waals surface area contributed by atoms with E-state index in [2.05, 4.69) is 4.72 Å². The van der Waals surface area contributed by atoms with E-state index in [0.29, 0.717) is 5.69 Å². The van der Waals surface area contributed by atoms with E-state index in [4.69, 9.17) is 5.73 Å². The van der Waals surface area contributed by atoms with E-state index in [0.717, 1.165) is 6.07 Å². The molecule has 0 atom stereocenters. The molecule has 2 aromatic rings. The first-order valence-corrected chi connectivity index (χ1v) is 7.43. The van der Waals surface area contributed by atoms with Gasteiger partial charge >= 0.3 is 0 Å². The minimum Gasteiger partial charge on any atom is -0.399 e. The van der Waals surface area contributed by atoms with Crippen LogP contribution >= 0.6 is 11.3 Å². The summed E-state index contributed by atoms with van der Waals surface area (Å²) in [6, 6.07) is 3.96. The molecule has 0 aliphatic heterocycles. The van der Waals surface area contributed by atoms with Crippen LogP contribution in [0.3, 0.4) is 0 Å². The summed E-state index contributed by atoms with van der Waals surface area (Å²) in [7, 11) is -3.82. The van der Waals surface area contributed by atoms with E-state index in [1.54, 1.807) is 16.8 Å². The predicted molar refractivity (Wildman–Crippen MR) is 70.7 cm³/mol. The quantitative estimate of drug-likeness (QED) is 0.852. The van der Waals surface area contributed by atoms with Crippen molar-refractivity contribution in [3.8, 4) is 0 Å². The van der Waals surface area contributed by atoms with Crippen LogP contribution in [0.25, 0.3) is 0 Å². The number of hydrogen-bond donors (Lipinski definition) is 2. The van der Waals surface area contributed by atoms with Crippen molar-refractivity contribution in [3.63, 3.8) is 0 Å². The van der Waals surface area contributed by atoms with Crippen LogP contribution in [-0.2, 0) is 10.0 Å². The number of rotatable bonds is 3. The van der Waals surface area contributed by atoms with Gasteiger partial charge in [-0.05, 0) is 30.5 Å². The smallest absolute Gasteiger partial charge is 0.262 e. The van der Waals surface area contributed by atoms with Gasteiger partial charge < -0.3 is 5.73 Å². The monoisotopic (exact) mass is 286 g/mol. The van der Waals surface area contributed by atoms with Gasteiger partial charge in [0.15, 0.2) is 0 Å². The summed E-state index contributed by atoms with van der Waals surface area (Å²) in [4.78, 5) is -0.147. The van der Waals surface area contributed by atoms with Crippen LogP contribution in [0.4, 0.5) is 15.8 Å². The third kappa shape index (κ3) is 2.46. The molecule has 2 rings (SSSR count). The fourth-order valence-electron chi connectivity index (χ4n) is 1.49. The van der Waals surface area contributed by atoms with E-state index >= 15 is 0 Å². The molecule has 18 heavy (non-hydrogen) atoms. The molecule has 1 aromatic carbocycles. The van der Waals surface area contributed by atoms with Crippen LogP contribution in [0, 0.1) is 12.7 Å². The highest BCUT2D eigenvalue weighted by Gasteiger charge is 2.20. The lowest BCUT2D eigenvalue weighted by molar-refractivity contribution is 0.591. The molecule has 0 saturated carbocycles. The summed E-state index contributed by atoms with van der Waals surface area (Å²) in [5.74, 6) is -0.638. The van der Waals surface area contributed by atoms with Gasteiger partial charge in [-0.2, -0.15) is 11.3 Å². The van der Waals surface area contributed by atoms with Crippen molar-refractivity contribution in [1.82, 2.24) is 0 Å². The van der Waals surface area contributed by atoms with Crippen molar-refractivity contribution in [2.24, 2.45) is 0 Å². The number of halogens is 1. The van der Waals surface area contributed by atoms with Crippen molar-refractivity contribution in [2.75, 3.05) is 10.5 Å². The zero-order chi connectivity index (χ0) is 13.3. The van der Waals surface area contributed by atoms with Crippen LogP contribution in [0.5, 0.6) is 0 Å². The van der Waals surface area contributed by atoms with Crippen molar-refractivity contribution in [2.45, 2.75) is 11.8 Å². The number of benzene rings is 1. The largest absolute Gasteiger partial charge is 0.399 e. The van der Waals surface area contributed by atoms with Gasteiger partial charge in [-0.25, -0.2) is 12.8 Å². The third-order valence-corrected chi connectivity index (χ3v) is 4.57. The number of anilines is 2. The molecule has 0 bridgehead atoms. The molecule has 0 aliphatic carbocycles. The second-order valence-electron chi connectivity index (χ2n) is 3.74. The Morgan fingerprint density at radius 1 is 1.39 bits per heavy atom. The molecular weight excluding hydrogens is 275 g/mol. The SMILES string of the molecule is Cc1c(F)cc(N)cc1S(=O)(=O)Nc1ccsc1. The minimum atomic E-state index is -3.82. The molecule has 1 heterocycles. The maximum atomic E-state index is 13.5. The Morgan fingerprint density at radius 2 is 2.11 bits per heavy atom. The minimum absolute atomic E-state index is 0.0481. The molecule has 1 aromatic heterocycles. The number of sulfonamides is 1. The molecule has 0 aliphatic rings. The summed E-state index contributed by atoms with van der Waals surface area (Å²) in [5.41, 5.74) is 6.04. The highest BCUT2D eigenvalue weighted by atomic mass is 32.2. The first-order valence-electron chi connectivity index (χ1n) is 5.01. The fraction of sp³-hybridized carbons (Fsp3) is 0.0909. The predicted octanol–water partition coefficient (Wildman–Crippen LogP) is 2.58. The van der Waals surface area contributed by atoms with Crippen LogP contribution in [0.1, 0.15) is 5.56 Å². The van der Waals surface area contributed by atoms with Crippen LogP contribution in [-0.4, -0.2) is 8.42 Å². The zero-order valence-electron chi connectivity index (χ0n) is 9.48. The van der Waals surface area contributed by atoms with Crippen molar-refractivity contribution < 1.29 is 12.8 Å². The first-order chi connectivity index (χ1) is 8.40. The Hall–Kier alpha value is -1.60. The van der Waals surface area contributed by atoms with Gasteiger partial charge in [0, 0.05) is 16.6 Å². The summed E-state index contributed by atoms with van der Waals surface area (Å²) >= 11 is 1.36. The van der Waals surface area contributed by atoms with Crippen molar-refractivity contribution >= 4 is 32.7 Å². The number of hydrogen-bond acceptors (Lipinski definition) is 4. The van der Waals surface area contributed by atoms with Gasteiger partial charge in [0.25, 0.3) is 10.0 Å². The number of thiophene rings is 1. The van der Waals surface area contributed by atoms with Gasteiger partial charge in [-0.15, -0.1) is 0 Å². The summed E-state index contributed by atoms with van der Waals surface area (Å²) in [6.07, 6.45) is 0. The number of nitrogens with two attached hydrogens (primary N) is 1. The van der Waals surface area contributed by atoms with E-state index in [1.165, 1.54) is 24.3 Å². The van der Waals surface area contributed by atoms with Crippen LogP contribution in [0.15, 0.2) is 33.9 Å². The van der Waals surface area contributed by atoms with Crippen molar-refractivity contribution in [1.29, 1.82) is 0 Å². The lowest BCUT2D eigenvalue weighted by atomic mass is 10.2. The van der Waals surface area contributed by atoms with Crippen LogP contribution < -0.4 is 10.5 Å². The van der Waals surface area contributed by atoms with E-state index in [9.17, 15) is 12.8 Å². The van der Waals surface area contributed by atoms with Crippen LogP contribution in [0.2, 0.25) is 0 Å². The third-order valence-electron chi connectivity index (χ3n) is 2.38. The summed E-state index contributed by atoms with van der Waals surface area (Å²) in [5, 5.41) is 3.39.